The van der Waals surface area contributed by atoms with Crippen LogP contribution in [0.25, 0.3) is 0 Å². The minimum absolute atomic E-state index is 0.0346. The van der Waals surface area contributed by atoms with Crippen LogP contribution in [-0.4, -0.2) is 69.3 Å². The van der Waals surface area contributed by atoms with E-state index in [-0.39, 0.29) is 23.8 Å². The lowest BCUT2D eigenvalue weighted by Crippen LogP contribution is -2.67. The number of fused-ring (bicyclic) bond motifs is 1. The van der Waals surface area contributed by atoms with Gasteiger partial charge >= 0.3 is 0 Å². The monoisotopic (exact) mass is 432 g/mol. The summed E-state index contributed by atoms with van der Waals surface area (Å²) in [5, 5.41) is 0. The maximum Gasteiger partial charge on any atom is 0.254 e. The van der Waals surface area contributed by atoms with Gasteiger partial charge in [0.05, 0.1) is 11.5 Å². The Labute approximate surface area is 190 Å². The highest BCUT2D eigenvalue weighted by Crippen LogP contribution is 2.49. The van der Waals surface area contributed by atoms with Gasteiger partial charge in [-0.15, -0.1) is 0 Å². The molecule has 0 aliphatic carbocycles. The Hall–Kier alpha value is -2.73. The van der Waals surface area contributed by atoms with Crippen molar-refractivity contribution >= 4 is 11.8 Å². The summed E-state index contributed by atoms with van der Waals surface area (Å²) in [5.41, 5.74) is 2.34. The molecule has 1 atom stereocenters. The van der Waals surface area contributed by atoms with E-state index in [1.165, 1.54) is 5.56 Å². The van der Waals surface area contributed by atoms with Gasteiger partial charge < -0.3 is 9.80 Å². The highest BCUT2D eigenvalue weighted by Gasteiger charge is 2.57. The third-order valence-electron chi connectivity index (χ3n) is 7.52. The molecule has 1 unspecified atom stereocenters. The SMILES string of the molecule is CC(C)N1C(=O)c2ccccc2C(C(=O)N2CCC2)C12CCN(Cc1cccnc1)CC2. The highest BCUT2D eigenvalue weighted by molar-refractivity contribution is 6.02. The fourth-order valence-electron chi connectivity index (χ4n) is 5.91. The Kier molecular flexibility index (Phi) is 5.49. The van der Waals surface area contributed by atoms with E-state index in [2.05, 4.69) is 34.7 Å². The molecule has 0 radical (unpaired) electrons. The van der Waals surface area contributed by atoms with Gasteiger partial charge in [-0.25, -0.2) is 0 Å². The minimum atomic E-state index is -0.474. The van der Waals surface area contributed by atoms with Gasteiger partial charge in [0.1, 0.15) is 0 Å². The van der Waals surface area contributed by atoms with Gasteiger partial charge in [-0.3, -0.25) is 19.5 Å². The van der Waals surface area contributed by atoms with Gasteiger partial charge in [0.2, 0.25) is 5.91 Å². The molecule has 5 rings (SSSR count). The molecule has 1 aromatic heterocycles. The molecular formula is C26H32N4O2. The van der Waals surface area contributed by atoms with Gasteiger partial charge in [0.15, 0.2) is 0 Å². The first kappa shape index (κ1) is 21.1. The number of aromatic nitrogens is 1. The number of piperidine rings is 1. The van der Waals surface area contributed by atoms with Crippen LogP contribution < -0.4 is 0 Å². The number of carbonyl (C=O) groups is 2. The van der Waals surface area contributed by atoms with Crippen LogP contribution in [0.3, 0.4) is 0 Å². The molecule has 0 saturated carbocycles. The molecule has 0 bridgehead atoms. The Morgan fingerprint density at radius 2 is 1.84 bits per heavy atom. The average Bonchev–Trinajstić information content (AvgIpc) is 2.75. The van der Waals surface area contributed by atoms with Crippen LogP contribution in [0.2, 0.25) is 0 Å². The van der Waals surface area contributed by atoms with Crippen LogP contribution in [0, 0.1) is 0 Å². The van der Waals surface area contributed by atoms with E-state index in [0.29, 0.717) is 5.56 Å². The van der Waals surface area contributed by atoms with Crippen molar-refractivity contribution in [1.82, 2.24) is 19.7 Å². The number of carbonyl (C=O) groups excluding carboxylic acids is 2. The first-order chi connectivity index (χ1) is 15.5. The van der Waals surface area contributed by atoms with E-state index in [4.69, 9.17) is 0 Å². The largest absolute Gasteiger partial charge is 0.342 e. The third kappa shape index (κ3) is 3.41. The molecule has 3 aliphatic rings. The summed E-state index contributed by atoms with van der Waals surface area (Å²) in [5.74, 6) is -0.0221. The molecular weight excluding hydrogens is 400 g/mol. The molecule has 1 spiro atoms. The number of amides is 2. The molecule has 6 nitrogen and oxygen atoms in total. The standard InChI is InChI=1S/C26H32N4O2/c1-19(2)30-24(31)22-9-4-3-8-21(22)23(25(32)29-13-6-14-29)26(30)10-15-28(16-11-26)18-20-7-5-12-27-17-20/h3-5,7-9,12,17,19,23H,6,10-11,13-16,18H2,1-2H3. The van der Waals surface area contributed by atoms with E-state index in [1.54, 1.807) is 6.20 Å². The van der Waals surface area contributed by atoms with Gasteiger partial charge in [0, 0.05) is 56.7 Å². The molecule has 6 heteroatoms. The molecule has 4 heterocycles. The van der Waals surface area contributed by atoms with Crippen molar-refractivity contribution in [3.05, 3.63) is 65.5 Å². The molecule has 2 saturated heterocycles. The molecule has 32 heavy (non-hydrogen) atoms. The number of hydrogen-bond donors (Lipinski definition) is 0. The summed E-state index contributed by atoms with van der Waals surface area (Å²) in [7, 11) is 0. The number of nitrogens with zero attached hydrogens (tertiary/aromatic N) is 4. The molecule has 3 aliphatic heterocycles. The summed E-state index contributed by atoms with van der Waals surface area (Å²) in [6.45, 7) is 8.39. The van der Waals surface area contributed by atoms with E-state index in [9.17, 15) is 9.59 Å². The first-order valence-electron chi connectivity index (χ1n) is 11.8. The van der Waals surface area contributed by atoms with Crippen molar-refractivity contribution in [3.8, 4) is 0 Å². The lowest BCUT2D eigenvalue weighted by atomic mass is 9.66. The second kappa shape index (κ2) is 8.32. The lowest BCUT2D eigenvalue weighted by Gasteiger charge is -2.57. The molecule has 168 valence electrons. The van der Waals surface area contributed by atoms with Gasteiger partial charge in [-0.1, -0.05) is 24.3 Å². The zero-order valence-electron chi connectivity index (χ0n) is 19.0. The quantitative estimate of drug-likeness (QED) is 0.744. The van der Waals surface area contributed by atoms with Crippen LogP contribution >= 0.6 is 0 Å². The van der Waals surface area contributed by atoms with E-state index >= 15 is 0 Å². The number of pyridine rings is 1. The number of benzene rings is 1. The summed E-state index contributed by atoms with van der Waals surface area (Å²) in [6, 6.07) is 11.9. The smallest absolute Gasteiger partial charge is 0.254 e. The summed E-state index contributed by atoms with van der Waals surface area (Å²) in [6.07, 6.45) is 6.39. The minimum Gasteiger partial charge on any atom is -0.342 e. The van der Waals surface area contributed by atoms with Crippen LogP contribution in [0.4, 0.5) is 0 Å². The first-order valence-corrected chi connectivity index (χ1v) is 11.8. The van der Waals surface area contributed by atoms with Crippen LogP contribution in [0.15, 0.2) is 48.8 Å². The number of hydrogen-bond acceptors (Lipinski definition) is 4. The second-order valence-corrected chi connectivity index (χ2v) is 9.71. The number of likely N-dealkylation sites (tertiary alicyclic amines) is 2. The Morgan fingerprint density at radius 3 is 2.47 bits per heavy atom. The van der Waals surface area contributed by atoms with Crippen molar-refractivity contribution in [2.24, 2.45) is 0 Å². The predicted octanol–water partition coefficient (Wildman–Crippen LogP) is 3.30. The normalized spacial score (nSPS) is 22.7. The van der Waals surface area contributed by atoms with Crippen molar-refractivity contribution in [1.29, 1.82) is 0 Å². The molecule has 0 N–H and O–H groups in total. The Morgan fingerprint density at radius 1 is 1.09 bits per heavy atom. The van der Waals surface area contributed by atoms with Gasteiger partial charge in [0.25, 0.3) is 5.91 Å². The lowest BCUT2D eigenvalue weighted by molar-refractivity contribution is -0.142. The summed E-state index contributed by atoms with van der Waals surface area (Å²) in [4.78, 5) is 38.2. The highest BCUT2D eigenvalue weighted by atomic mass is 16.2. The maximum atomic E-state index is 13.8. The zero-order valence-corrected chi connectivity index (χ0v) is 19.0. The maximum absolute atomic E-state index is 13.8. The van der Waals surface area contributed by atoms with Crippen LogP contribution in [0.5, 0.6) is 0 Å². The number of rotatable bonds is 4. The van der Waals surface area contributed by atoms with Gasteiger partial charge in [-0.05, 0) is 56.4 Å². The van der Waals surface area contributed by atoms with Crippen LogP contribution in [0.1, 0.15) is 60.5 Å². The zero-order chi connectivity index (χ0) is 22.3. The van der Waals surface area contributed by atoms with E-state index < -0.39 is 5.54 Å². The fraction of sp³-hybridized carbons (Fsp3) is 0.500. The topological polar surface area (TPSA) is 56.8 Å². The summed E-state index contributed by atoms with van der Waals surface area (Å²) >= 11 is 0. The Bertz CT molecular complexity index is 994. The van der Waals surface area contributed by atoms with Gasteiger partial charge in [-0.2, -0.15) is 0 Å². The molecule has 2 aromatic rings. The molecule has 2 amide bonds. The van der Waals surface area contributed by atoms with Crippen LogP contribution in [-0.2, 0) is 11.3 Å². The Balaban J connectivity index is 1.51. The average molecular weight is 433 g/mol. The van der Waals surface area contributed by atoms with Crippen molar-refractivity contribution in [2.75, 3.05) is 26.2 Å². The predicted molar refractivity (Wildman–Crippen MR) is 123 cm³/mol. The van der Waals surface area contributed by atoms with E-state index in [0.717, 1.165) is 57.5 Å². The van der Waals surface area contributed by atoms with Crippen molar-refractivity contribution < 1.29 is 9.59 Å². The fourth-order valence-corrected chi connectivity index (χ4v) is 5.91. The van der Waals surface area contributed by atoms with E-state index in [1.807, 2.05) is 41.4 Å². The van der Waals surface area contributed by atoms with Crippen molar-refractivity contribution in [3.63, 3.8) is 0 Å². The molecule has 1 aromatic carbocycles. The molecule has 2 fully saturated rings. The van der Waals surface area contributed by atoms with Crippen molar-refractivity contribution in [2.45, 2.75) is 57.2 Å². The second-order valence-electron chi connectivity index (χ2n) is 9.71. The summed E-state index contributed by atoms with van der Waals surface area (Å²) < 4.78 is 0. The third-order valence-corrected chi connectivity index (χ3v) is 7.52.